The number of aromatic amines is 2. The molecule has 0 aromatic carbocycles. The second-order valence-corrected chi connectivity index (χ2v) is 11.3. The minimum atomic E-state index is -4.40. The summed E-state index contributed by atoms with van der Waals surface area (Å²) in [6.07, 6.45) is -0.274. The second-order valence-electron chi connectivity index (χ2n) is 9.64. The third-order valence-corrected chi connectivity index (χ3v) is 8.33. The number of aliphatic hydroxyl groups is 2. The zero-order valence-electron chi connectivity index (χ0n) is 21.3. The molecule has 2 aromatic rings. The molecule has 0 amide bonds. The van der Waals surface area contributed by atoms with Crippen LogP contribution < -0.4 is 22.5 Å². The first-order chi connectivity index (χ1) is 19.1. The summed E-state index contributed by atoms with van der Waals surface area (Å²) in [5.41, 5.74) is -2.04. The van der Waals surface area contributed by atoms with Gasteiger partial charge in [0.2, 0.25) is 0 Å². The summed E-state index contributed by atoms with van der Waals surface area (Å²) in [5, 5.41) is 20.4. The molecule has 3 aliphatic rings. The molecule has 7 atom stereocenters. The number of aliphatic hydroxyl groups excluding tert-OH is 2. The Hall–Kier alpha value is -2.95. The van der Waals surface area contributed by atoms with Gasteiger partial charge in [-0.3, -0.25) is 42.3 Å². The van der Waals surface area contributed by atoms with Crippen molar-refractivity contribution in [3.63, 3.8) is 0 Å². The maximum atomic E-state index is 13.7. The lowest BCUT2D eigenvalue weighted by molar-refractivity contribution is -0.0596. The molecule has 3 aliphatic heterocycles. The van der Waals surface area contributed by atoms with Crippen molar-refractivity contribution in [1.29, 1.82) is 0 Å². The summed E-state index contributed by atoms with van der Waals surface area (Å²) in [6.45, 7) is 0.260. The number of nitrogens with zero attached hydrogens (tertiary/aromatic N) is 2. The molecule has 0 radical (unpaired) electrons. The highest BCUT2D eigenvalue weighted by atomic mass is 31.2. The molecule has 17 heteroatoms. The van der Waals surface area contributed by atoms with Gasteiger partial charge in [-0.15, -0.1) is 0 Å². The Kier molecular flexibility index (Phi) is 8.22. The van der Waals surface area contributed by atoms with Gasteiger partial charge < -0.3 is 19.7 Å². The largest absolute Gasteiger partial charge is 0.475 e. The SMILES string of the molecule is Cc1cn([C@H]2C[C@H](OP3(=O)OC/C=C/Cc4cn(c(=O)[nH]c4=O)[C@H]4C[C@H](O)[C@@H](CO3)O4)[C@@H](CO)O2)c(=O)[nH]c1=O. The van der Waals surface area contributed by atoms with Crippen LogP contribution in [0.2, 0.25) is 0 Å². The van der Waals surface area contributed by atoms with Crippen molar-refractivity contribution in [2.24, 2.45) is 0 Å². The minimum Gasteiger partial charge on any atom is -0.394 e. The summed E-state index contributed by atoms with van der Waals surface area (Å²) in [7, 11) is -4.40. The third-order valence-electron chi connectivity index (χ3n) is 6.87. The molecule has 16 nitrogen and oxygen atoms in total. The molecule has 218 valence electrons. The second kappa shape index (κ2) is 11.5. The van der Waals surface area contributed by atoms with E-state index in [4.69, 9.17) is 23.0 Å². The lowest BCUT2D eigenvalue weighted by Crippen LogP contribution is -2.34. The quantitative estimate of drug-likeness (QED) is 0.251. The van der Waals surface area contributed by atoms with Crippen LogP contribution >= 0.6 is 7.82 Å². The van der Waals surface area contributed by atoms with Gasteiger partial charge in [0.25, 0.3) is 11.1 Å². The number of aromatic nitrogens is 4. The molecule has 0 spiro atoms. The first-order valence-electron chi connectivity index (χ1n) is 12.6. The molecule has 2 saturated heterocycles. The summed E-state index contributed by atoms with van der Waals surface area (Å²) < 4.78 is 44.3. The van der Waals surface area contributed by atoms with Crippen molar-refractivity contribution >= 4 is 7.82 Å². The fourth-order valence-electron chi connectivity index (χ4n) is 4.71. The number of allylic oxidation sites excluding steroid dienone is 1. The van der Waals surface area contributed by atoms with Gasteiger partial charge in [0, 0.05) is 36.4 Å². The summed E-state index contributed by atoms with van der Waals surface area (Å²) in [5.74, 6) is 0. The molecule has 5 heterocycles. The van der Waals surface area contributed by atoms with Gasteiger partial charge in [0.05, 0.1) is 25.9 Å². The standard InChI is InChI=1S/C23H29N4O12P/c1-12-8-26(22(32)24-20(12)30)19-7-15(16(10-28)37-19)39-40(34)35-5-3-2-4-13-9-27(23(33)25-21(13)31)18-6-14(29)17(38-18)11-36-40/h2-3,8-9,14-19,28-29H,4-7,10-11H2,1H3,(H,24,30,32)(H,25,31,33)/b3-2+/t14-,15-,16+,17+,18+,19+,40?/m0/s1. The van der Waals surface area contributed by atoms with E-state index < -0.39 is 80.4 Å². The Morgan fingerprint density at radius 2 is 1.70 bits per heavy atom. The lowest BCUT2D eigenvalue weighted by atomic mass is 10.2. The Bertz CT molecular complexity index is 1560. The van der Waals surface area contributed by atoms with Gasteiger partial charge in [-0.25, -0.2) is 14.2 Å². The van der Waals surface area contributed by atoms with Crippen LogP contribution in [0.25, 0.3) is 0 Å². The number of hydrogen-bond donors (Lipinski definition) is 4. The normalized spacial score (nSPS) is 33.5. The molecule has 2 fully saturated rings. The molecule has 0 saturated carbocycles. The van der Waals surface area contributed by atoms with Crippen LogP contribution in [0.5, 0.6) is 0 Å². The van der Waals surface area contributed by atoms with E-state index in [0.29, 0.717) is 0 Å². The van der Waals surface area contributed by atoms with Crippen molar-refractivity contribution < 1.29 is 37.8 Å². The fourth-order valence-corrected chi connectivity index (χ4v) is 6.06. The van der Waals surface area contributed by atoms with E-state index in [1.807, 2.05) is 0 Å². The van der Waals surface area contributed by atoms with Crippen LogP contribution in [0, 0.1) is 6.92 Å². The average Bonchev–Trinajstić information content (AvgIpc) is 3.48. The van der Waals surface area contributed by atoms with Gasteiger partial charge in [0.1, 0.15) is 30.8 Å². The molecule has 2 aromatic heterocycles. The fraction of sp³-hybridized carbons (Fsp3) is 0.565. The molecule has 5 rings (SSSR count). The van der Waals surface area contributed by atoms with Crippen LogP contribution in [-0.2, 0) is 34.0 Å². The Morgan fingerprint density at radius 1 is 1.00 bits per heavy atom. The number of fused-ring (bicyclic) bond motifs is 5. The first-order valence-corrected chi connectivity index (χ1v) is 14.0. The number of ether oxygens (including phenoxy) is 2. The Balaban J connectivity index is 1.37. The van der Waals surface area contributed by atoms with E-state index in [1.54, 1.807) is 6.08 Å². The molecular formula is C23H29N4O12P. The zero-order valence-corrected chi connectivity index (χ0v) is 22.2. The van der Waals surface area contributed by atoms with E-state index in [-0.39, 0.29) is 37.0 Å². The maximum absolute atomic E-state index is 13.7. The number of phosphoric ester groups is 1. The number of phosphoric acid groups is 1. The number of rotatable bonds is 4. The monoisotopic (exact) mass is 584 g/mol. The van der Waals surface area contributed by atoms with Gasteiger partial charge in [-0.1, -0.05) is 12.2 Å². The molecule has 4 N–H and O–H groups in total. The van der Waals surface area contributed by atoms with Crippen molar-refractivity contribution in [2.75, 3.05) is 19.8 Å². The molecule has 4 bridgehead atoms. The Morgan fingerprint density at radius 3 is 2.45 bits per heavy atom. The molecular weight excluding hydrogens is 555 g/mol. The predicted octanol–water partition coefficient (Wildman–Crippen LogP) is -1.04. The van der Waals surface area contributed by atoms with Crippen molar-refractivity contribution in [3.05, 3.63) is 77.3 Å². The number of aryl methyl sites for hydroxylation is 1. The highest BCUT2D eigenvalue weighted by Crippen LogP contribution is 2.53. The van der Waals surface area contributed by atoms with E-state index in [0.717, 1.165) is 4.57 Å². The molecule has 0 aliphatic carbocycles. The minimum absolute atomic E-state index is 0.000655. The number of nitrogens with one attached hydrogen (secondary N) is 2. The van der Waals surface area contributed by atoms with Crippen LogP contribution in [0.3, 0.4) is 0 Å². The molecule has 1 unspecified atom stereocenters. The average molecular weight is 584 g/mol. The number of H-pyrrole nitrogens is 2. The summed E-state index contributed by atoms with van der Waals surface area (Å²) >= 11 is 0. The van der Waals surface area contributed by atoms with Crippen molar-refractivity contribution in [2.45, 2.75) is 63.1 Å². The molecule has 40 heavy (non-hydrogen) atoms. The van der Waals surface area contributed by atoms with Gasteiger partial charge in [-0.05, 0) is 13.3 Å². The highest BCUT2D eigenvalue weighted by Gasteiger charge is 2.44. The smallest absolute Gasteiger partial charge is 0.394 e. The van der Waals surface area contributed by atoms with Gasteiger partial charge >= 0.3 is 19.2 Å². The zero-order chi connectivity index (χ0) is 28.6. The summed E-state index contributed by atoms with van der Waals surface area (Å²) in [4.78, 5) is 53.1. The van der Waals surface area contributed by atoms with E-state index in [2.05, 4.69) is 9.97 Å². The van der Waals surface area contributed by atoms with Crippen LogP contribution in [0.15, 0.2) is 43.7 Å². The van der Waals surface area contributed by atoms with Crippen molar-refractivity contribution in [3.8, 4) is 0 Å². The van der Waals surface area contributed by atoms with Crippen LogP contribution in [-0.4, -0.2) is 73.6 Å². The van der Waals surface area contributed by atoms with E-state index in [9.17, 15) is 34.0 Å². The van der Waals surface area contributed by atoms with Gasteiger partial charge in [0.15, 0.2) is 0 Å². The van der Waals surface area contributed by atoms with Crippen molar-refractivity contribution in [1.82, 2.24) is 19.1 Å². The van der Waals surface area contributed by atoms with Crippen LogP contribution in [0.1, 0.15) is 36.4 Å². The Labute approximate surface area is 225 Å². The van der Waals surface area contributed by atoms with E-state index >= 15 is 0 Å². The topological polar surface area (TPSA) is 213 Å². The predicted molar refractivity (Wildman–Crippen MR) is 135 cm³/mol. The van der Waals surface area contributed by atoms with Gasteiger partial charge in [-0.2, -0.15) is 0 Å². The maximum Gasteiger partial charge on any atom is 0.475 e. The highest BCUT2D eigenvalue weighted by molar-refractivity contribution is 7.48. The van der Waals surface area contributed by atoms with Crippen LogP contribution in [0.4, 0.5) is 0 Å². The first kappa shape index (κ1) is 28.6. The van der Waals surface area contributed by atoms with E-state index in [1.165, 1.54) is 30.0 Å². The lowest BCUT2D eigenvalue weighted by Gasteiger charge is -2.25. The summed E-state index contributed by atoms with van der Waals surface area (Å²) in [6, 6.07) is 0. The third kappa shape index (κ3) is 5.89. The number of hydrogen-bond acceptors (Lipinski definition) is 12.